The molecule has 4 rings (SSSR count). The lowest BCUT2D eigenvalue weighted by Gasteiger charge is -2.21. The summed E-state index contributed by atoms with van der Waals surface area (Å²) in [6.45, 7) is 11.2. The zero-order valence-electron chi connectivity index (χ0n) is 26.7. The van der Waals surface area contributed by atoms with Crippen LogP contribution in [0.15, 0.2) is 58.3 Å². The highest BCUT2D eigenvalue weighted by Crippen LogP contribution is 2.44. The quantitative estimate of drug-likeness (QED) is 0.159. The van der Waals surface area contributed by atoms with Crippen LogP contribution in [-0.2, 0) is 32.0 Å². The highest BCUT2D eigenvalue weighted by molar-refractivity contribution is 8.30. The van der Waals surface area contributed by atoms with Crippen molar-refractivity contribution < 1.29 is 19.2 Å². The van der Waals surface area contributed by atoms with Crippen LogP contribution < -0.4 is 9.80 Å². The first-order valence-corrected chi connectivity index (χ1v) is 18.2. The van der Waals surface area contributed by atoms with Gasteiger partial charge in [-0.3, -0.25) is 29.0 Å². The van der Waals surface area contributed by atoms with Crippen molar-refractivity contribution in [1.29, 1.82) is 0 Å². The molecule has 0 N–H and O–H groups in total. The molecule has 0 atom stereocenters. The molecule has 2 aromatic rings. The van der Waals surface area contributed by atoms with Gasteiger partial charge in [0, 0.05) is 26.2 Å². The summed E-state index contributed by atoms with van der Waals surface area (Å²) < 4.78 is 0.640. The first-order valence-electron chi connectivity index (χ1n) is 15.7. The topological polar surface area (TPSA) is 81.2 Å². The van der Waals surface area contributed by atoms with E-state index in [0.717, 1.165) is 86.5 Å². The molecule has 2 aliphatic heterocycles. The molecule has 0 aromatic heterocycles. The molecular weight excluding hydrogens is 657 g/mol. The van der Waals surface area contributed by atoms with Crippen molar-refractivity contribution in [3.63, 3.8) is 0 Å². The van der Waals surface area contributed by atoms with Crippen LogP contribution in [0.4, 0.5) is 11.4 Å². The second-order valence-corrected chi connectivity index (χ2v) is 14.4. The summed E-state index contributed by atoms with van der Waals surface area (Å²) >= 11 is 13.3. The van der Waals surface area contributed by atoms with Crippen molar-refractivity contribution >= 4 is 91.6 Å². The van der Waals surface area contributed by atoms with Crippen molar-refractivity contribution in [3.05, 3.63) is 69.5 Å². The number of nitrogens with zero attached hydrogens (tertiary/aromatic N) is 4. The number of amides is 4. The van der Waals surface area contributed by atoms with Crippen molar-refractivity contribution in [3.8, 4) is 0 Å². The van der Waals surface area contributed by atoms with Crippen molar-refractivity contribution in [2.45, 2.75) is 66.2 Å². The van der Waals surface area contributed by atoms with Gasteiger partial charge in [0.25, 0.3) is 11.8 Å². The summed E-state index contributed by atoms with van der Waals surface area (Å²) in [6, 6.07) is 14.5. The van der Waals surface area contributed by atoms with Gasteiger partial charge in [0.15, 0.2) is 8.64 Å². The Bertz CT molecular complexity index is 1400. The Balaban J connectivity index is 1.46. The number of carbonyl (C=O) groups excluding carboxylic acids is 4. The molecule has 0 aliphatic carbocycles. The number of thiocarbonyl (C=S) groups is 2. The second kappa shape index (κ2) is 16.7. The monoisotopic (exact) mass is 696 g/mol. The average Bonchev–Trinajstić information content (AvgIpc) is 3.50. The zero-order chi connectivity index (χ0) is 33.4. The highest BCUT2D eigenvalue weighted by Gasteiger charge is 2.43. The molecule has 8 nitrogen and oxygen atoms in total. The van der Waals surface area contributed by atoms with Gasteiger partial charge in [0.1, 0.15) is 0 Å². The van der Waals surface area contributed by atoms with E-state index in [1.165, 1.54) is 9.80 Å². The van der Waals surface area contributed by atoms with Crippen LogP contribution in [0.5, 0.6) is 0 Å². The van der Waals surface area contributed by atoms with Crippen molar-refractivity contribution in [2.24, 2.45) is 0 Å². The maximum atomic E-state index is 13.6. The largest absolute Gasteiger partial charge is 0.342 e. The van der Waals surface area contributed by atoms with E-state index < -0.39 is 0 Å². The molecule has 12 heteroatoms. The van der Waals surface area contributed by atoms with E-state index in [4.69, 9.17) is 24.4 Å². The maximum Gasteiger partial charge on any atom is 0.272 e. The Morgan fingerprint density at radius 2 is 0.891 bits per heavy atom. The number of carbonyl (C=O) groups is 4. The van der Waals surface area contributed by atoms with Crippen LogP contribution in [0, 0.1) is 0 Å². The first kappa shape index (κ1) is 35.8. The van der Waals surface area contributed by atoms with E-state index in [9.17, 15) is 19.2 Å². The fraction of sp³-hybridized carbons (Fsp3) is 0.412. The normalized spacial score (nSPS) is 16.5. The first-order chi connectivity index (χ1) is 22.1. The van der Waals surface area contributed by atoms with Crippen molar-refractivity contribution in [1.82, 2.24) is 9.80 Å². The Morgan fingerprint density at radius 3 is 1.17 bits per heavy atom. The van der Waals surface area contributed by atoms with Crippen molar-refractivity contribution in [2.75, 3.05) is 36.0 Å². The molecular formula is C34H40N4O4S4. The van der Waals surface area contributed by atoms with Crippen LogP contribution in [0.2, 0.25) is 0 Å². The summed E-state index contributed by atoms with van der Waals surface area (Å²) in [6.07, 6.45) is 4.20. The van der Waals surface area contributed by atoms with Crippen LogP contribution in [0.3, 0.4) is 0 Å². The molecule has 2 heterocycles. The van der Waals surface area contributed by atoms with Crippen LogP contribution in [-0.4, -0.2) is 68.2 Å². The summed E-state index contributed by atoms with van der Waals surface area (Å²) in [5.74, 6) is -0.599. The third kappa shape index (κ3) is 8.26. The van der Waals surface area contributed by atoms with E-state index in [-0.39, 0.29) is 46.3 Å². The Kier molecular flexibility index (Phi) is 13.0. The fourth-order valence-electron chi connectivity index (χ4n) is 5.36. The standard InChI is InChI=1S/C34H40N4O4S4/c1-5-17-35(18-6-2)27(39)21-23-9-13-25(14-10-23)37-31(41)29(45-33(37)43)30-32(42)38(34(44)46-30)26-15-11-24(12-16-26)22-28(40)36(19-7-3)20-8-4/h9-16H,5-8,17-22H2,1-4H3. The number of hydrogen-bond acceptors (Lipinski definition) is 8. The molecule has 0 radical (unpaired) electrons. The van der Waals surface area contributed by atoms with Gasteiger partial charge in [0.05, 0.1) is 34.0 Å². The van der Waals surface area contributed by atoms with Gasteiger partial charge in [-0.25, -0.2) is 0 Å². The third-order valence-corrected chi connectivity index (χ3v) is 10.4. The van der Waals surface area contributed by atoms with E-state index in [2.05, 4.69) is 27.7 Å². The van der Waals surface area contributed by atoms with E-state index in [1.807, 2.05) is 34.1 Å². The Morgan fingerprint density at radius 1 is 0.587 bits per heavy atom. The second-order valence-electron chi connectivity index (χ2n) is 11.1. The smallest absolute Gasteiger partial charge is 0.272 e. The van der Waals surface area contributed by atoms with Crippen LogP contribution >= 0.6 is 48.0 Å². The van der Waals surface area contributed by atoms with Gasteiger partial charge in [-0.1, -0.05) is 99.9 Å². The minimum Gasteiger partial charge on any atom is -0.342 e. The van der Waals surface area contributed by atoms with Gasteiger partial charge in [0.2, 0.25) is 11.8 Å². The average molecular weight is 697 g/mol. The maximum absolute atomic E-state index is 13.6. The van der Waals surface area contributed by atoms with Gasteiger partial charge >= 0.3 is 0 Å². The molecule has 0 saturated carbocycles. The number of thioether (sulfide) groups is 2. The lowest BCUT2D eigenvalue weighted by molar-refractivity contribution is -0.131. The predicted molar refractivity (Wildman–Crippen MR) is 197 cm³/mol. The third-order valence-electron chi connectivity index (χ3n) is 7.52. The molecule has 46 heavy (non-hydrogen) atoms. The lowest BCUT2D eigenvalue weighted by atomic mass is 10.1. The van der Waals surface area contributed by atoms with Gasteiger partial charge in [-0.15, -0.1) is 0 Å². The molecule has 2 aliphatic rings. The number of rotatable bonds is 14. The summed E-state index contributed by atoms with van der Waals surface area (Å²) in [5, 5.41) is 0. The van der Waals surface area contributed by atoms with Gasteiger partial charge < -0.3 is 9.80 Å². The summed E-state index contributed by atoms with van der Waals surface area (Å²) in [5.41, 5.74) is 2.85. The molecule has 0 bridgehead atoms. The van der Waals surface area contributed by atoms with Gasteiger partial charge in [-0.05, 0) is 61.1 Å². The highest BCUT2D eigenvalue weighted by atomic mass is 32.2. The van der Waals surface area contributed by atoms with E-state index >= 15 is 0 Å². The Labute approximate surface area is 290 Å². The van der Waals surface area contributed by atoms with Crippen LogP contribution in [0.1, 0.15) is 64.5 Å². The number of benzene rings is 2. The molecule has 2 saturated heterocycles. The molecule has 0 unspecified atom stereocenters. The molecule has 2 fully saturated rings. The molecule has 244 valence electrons. The molecule has 2 aromatic carbocycles. The van der Waals surface area contributed by atoms with Crippen LogP contribution in [0.25, 0.3) is 0 Å². The minimum atomic E-state index is -0.381. The Hall–Kier alpha value is -3.06. The molecule has 0 spiro atoms. The number of hydrogen-bond donors (Lipinski definition) is 0. The zero-order valence-corrected chi connectivity index (χ0v) is 30.0. The lowest BCUT2D eigenvalue weighted by Crippen LogP contribution is -2.33. The summed E-state index contributed by atoms with van der Waals surface area (Å²) in [4.78, 5) is 60.0. The van der Waals surface area contributed by atoms with Gasteiger partial charge in [-0.2, -0.15) is 0 Å². The number of anilines is 2. The summed E-state index contributed by atoms with van der Waals surface area (Å²) in [7, 11) is 0. The fourth-order valence-corrected chi connectivity index (χ4v) is 8.11. The minimum absolute atomic E-state index is 0.0813. The SMILES string of the molecule is CCCN(CCC)C(=O)Cc1ccc(N2C(=O)C(=C3SC(=S)N(c4ccc(CC(=O)N(CCC)CCC)cc4)C3=O)SC2=S)cc1. The molecule has 4 amide bonds. The van der Waals surface area contributed by atoms with E-state index in [1.54, 1.807) is 24.3 Å². The van der Waals surface area contributed by atoms with E-state index in [0.29, 0.717) is 20.0 Å². The predicted octanol–water partition coefficient (Wildman–Crippen LogP) is 6.71.